The number of aromatic nitrogens is 2. The van der Waals surface area contributed by atoms with Gasteiger partial charge in [-0.1, -0.05) is 11.8 Å². The van der Waals surface area contributed by atoms with E-state index in [1.165, 1.54) is 16.7 Å². The highest BCUT2D eigenvalue weighted by Gasteiger charge is 2.27. The lowest BCUT2D eigenvalue weighted by Crippen LogP contribution is -2.21. The molecule has 3 aromatic rings. The summed E-state index contributed by atoms with van der Waals surface area (Å²) in [6.45, 7) is 3.56. The molecule has 2 aromatic heterocycles. The number of imidazole rings is 1. The number of ether oxygens (including phenoxy) is 2. The first-order chi connectivity index (χ1) is 15.2. The number of esters is 1. The van der Waals surface area contributed by atoms with E-state index in [-0.39, 0.29) is 29.7 Å². The van der Waals surface area contributed by atoms with Gasteiger partial charge in [0.1, 0.15) is 10.8 Å². The Morgan fingerprint density at radius 3 is 2.69 bits per heavy atom. The van der Waals surface area contributed by atoms with Gasteiger partial charge in [0.2, 0.25) is 5.91 Å². The smallest absolute Gasteiger partial charge is 0.341 e. The molecule has 2 N–H and O–H groups in total. The number of carbonyl (C=O) groups excluding carboxylic acids is 3. The number of methoxy groups -OCH3 is 1. The Balaban J connectivity index is 1.76. The minimum absolute atomic E-state index is 0.0626. The van der Waals surface area contributed by atoms with Gasteiger partial charge in [-0.15, -0.1) is 11.3 Å². The first-order valence-electron chi connectivity index (χ1n) is 9.73. The summed E-state index contributed by atoms with van der Waals surface area (Å²) in [7, 11) is 4.85. The van der Waals surface area contributed by atoms with E-state index in [4.69, 9.17) is 9.47 Å². The molecule has 0 aliphatic carbocycles. The van der Waals surface area contributed by atoms with Crippen molar-refractivity contribution in [3.63, 3.8) is 0 Å². The van der Waals surface area contributed by atoms with Crippen molar-refractivity contribution in [2.45, 2.75) is 19.0 Å². The monoisotopic (exact) mass is 476 g/mol. The summed E-state index contributed by atoms with van der Waals surface area (Å²) in [5, 5.41) is 3.63. The number of fused-ring (bicyclic) bond motifs is 1. The van der Waals surface area contributed by atoms with Gasteiger partial charge in [0.15, 0.2) is 5.16 Å². The van der Waals surface area contributed by atoms with Crippen molar-refractivity contribution in [1.29, 1.82) is 0 Å². The lowest BCUT2D eigenvalue weighted by molar-refractivity contribution is -0.113. The molecule has 0 spiro atoms. The van der Waals surface area contributed by atoms with Gasteiger partial charge in [-0.2, -0.15) is 0 Å². The van der Waals surface area contributed by atoms with Crippen LogP contribution in [0.5, 0.6) is 5.75 Å². The zero-order valence-corrected chi connectivity index (χ0v) is 20.0. The van der Waals surface area contributed by atoms with Gasteiger partial charge in [-0.3, -0.25) is 9.59 Å². The molecule has 0 radical (unpaired) electrons. The number of aromatic amines is 1. The third-order valence-corrected chi connectivity index (χ3v) is 6.56. The SMILES string of the molecule is CCOC(=O)c1c(NC(=O)CSc2nc3ccc(OC)cc3[nH]2)sc(C(=O)N(C)C)c1C. The molecule has 3 rings (SSSR count). The molecule has 9 nitrogen and oxygen atoms in total. The summed E-state index contributed by atoms with van der Waals surface area (Å²) in [6, 6.07) is 5.47. The Kier molecular flexibility index (Phi) is 7.41. The third kappa shape index (κ3) is 5.05. The molecule has 11 heteroatoms. The van der Waals surface area contributed by atoms with Gasteiger partial charge in [-0.25, -0.2) is 9.78 Å². The number of nitrogens with zero attached hydrogens (tertiary/aromatic N) is 2. The van der Waals surface area contributed by atoms with Crippen LogP contribution >= 0.6 is 23.1 Å². The number of thioether (sulfide) groups is 1. The van der Waals surface area contributed by atoms with E-state index in [1.807, 2.05) is 18.2 Å². The maximum absolute atomic E-state index is 12.6. The van der Waals surface area contributed by atoms with E-state index in [0.29, 0.717) is 26.3 Å². The quantitative estimate of drug-likeness (QED) is 0.377. The molecule has 32 heavy (non-hydrogen) atoms. The van der Waals surface area contributed by atoms with E-state index < -0.39 is 5.97 Å². The molecule has 0 unspecified atom stereocenters. The fourth-order valence-corrected chi connectivity index (χ4v) is 4.83. The Hall–Kier alpha value is -3.05. The topological polar surface area (TPSA) is 114 Å². The third-order valence-electron chi connectivity index (χ3n) is 4.49. The Morgan fingerprint density at radius 2 is 2.03 bits per heavy atom. The summed E-state index contributed by atoms with van der Waals surface area (Å²) in [5.74, 6) is -0.381. The molecule has 0 saturated heterocycles. The number of benzene rings is 1. The number of thiophene rings is 1. The van der Waals surface area contributed by atoms with Crippen molar-refractivity contribution in [3.05, 3.63) is 34.2 Å². The highest BCUT2D eigenvalue weighted by molar-refractivity contribution is 7.99. The molecular formula is C21H24N4O5S2. The molecule has 0 fully saturated rings. The molecule has 0 aliphatic heterocycles. The van der Waals surface area contributed by atoms with E-state index in [2.05, 4.69) is 15.3 Å². The molecular weight excluding hydrogens is 452 g/mol. The van der Waals surface area contributed by atoms with E-state index >= 15 is 0 Å². The van der Waals surface area contributed by atoms with Gasteiger partial charge < -0.3 is 24.7 Å². The number of amides is 2. The molecule has 0 bridgehead atoms. The number of hydrogen-bond donors (Lipinski definition) is 2. The van der Waals surface area contributed by atoms with Crippen molar-refractivity contribution >= 4 is 56.9 Å². The van der Waals surface area contributed by atoms with Crippen molar-refractivity contribution in [3.8, 4) is 5.75 Å². The van der Waals surface area contributed by atoms with E-state index in [9.17, 15) is 14.4 Å². The number of anilines is 1. The zero-order valence-electron chi connectivity index (χ0n) is 18.4. The van der Waals surface area contributed by atoms with Crippen molar-refractivity contribution in [2.24, 2.45) is 0 Å². The predicted octanol–water partition coefficient (Wildman–Crippen LogP) is 3.55. The fourth-order valence-electron chi connectivity index (χ4n) is 2.91. The van der Waals surface area contributed by atoms with Crippen LogP contribution in [-0.2, 0) is 9.53 Å². The van der Waals surface area contributed by atoms with E-state index in [0.717, 1.165) is 22.4 Å². The normalized spacial score (nSPS) is 10.8. The number of H-pyrrole nitrogens is 1. The molecule has 2 heterocycles. The number of nitrogens with one attached hydrogen (secondary N) is 2. The summed E-state index contributed by atoms with van der Waals surface area (Å²) < 4.78 is 10.3. The second-order valence-corrected chi connectivity index (χ2v) is 8.93. The fraction of sp³-hybridized carbons (Fsp3) is 0.333. The highest BCUT2D eigenvalue weighted by atomic mass is 32.2. The standard InChI is InChI=1S/C21H24N4O5S2/c1-6-30-20(28)16-11(2)17(19(27)25(3)4)32-18(16)24-15(26)10-31-21-22-13-8-7-12(29-5)9-14(13)23-21/h7-9H,6,10H2,1-5H3,(H,22,23)(H,24,26). The Labute approximate surface area is 193 Å². The van der Waals surface area contributed by atoms with Crippen LogP contribution in [0.3, 0.4) is 0 Å². The maximum atomic E-state index is 12.6. The Morgan fingerprint density at radius 1 is 1.28 bits per heavy atom. The van der Waals surface area contributed by atoms with Crippen LogP contribution in [0, 0.1) is 6.92 Å². The summed E-state index contributed by atoms with van der Waals surface area (Å²) in [4.78, 5) is 47.0. The number of carbonyl (C=O) groups is 3. The zero-order chi connectivity index (χ0) is 23.4. The second kappa shape index (κ2) is 10.0. The van der Waals surface area contributed by atoms with E-state index in [1.54, 1.807) is 35.1 Å². The van der Waals surface area contributed by atoms with Crippen LogP contribution in [0.25, 0.3) is 11.0 Å². The van der Waals surface area contributed by atoms with Crippen molar-refractivity contribution < 1.29 is 23.9 Å². The van der Waals surface area contributed by atoms with Crippen molar-refractivity contribution in [2.75, 3.05) is 38.9 Å². The van der Waals surface area contributed by atoms with Crippen molar-refractivity contribution in [1.82, 2.24) is 14.9 Å². The molecule has 2 amide bonds. The molecule has 0 atom stereocenters. The van der Waals surface area contributed by atoms with Gasteiger partial charge in [0.25, 0.3) is 5.91 Å². The van der Waals surface area contributed by atoms with Gasteiger partial charge in [0.05, 0.1) is 40.9 Å². The van der Waals surface area contributed by atoms with Crippen LogP contribution < -0.4 is 10.1 Å². The van der Waals surface area contributed by atoms with Crippen LogP contribution in [0.1, 0.15) is 32.5 Å². The maximum Gasteiger partial charge on any atom is 0.341 e. The van der Waals surface area contributed by atoms with Crippen LogP contribution in [0.2, 0.25) is 0 Å². The van der Waals surface area contributed by atoms with Gasteiger partial charge in [-0.05, 0) is 31.5 Å². The molecule has 1 aromatic carbocycles. The minimum atomic E-state index is -0.576. The first-order valence-corrected chi connectivity index (χ1v) is 11.5. The largest absolute Gasteiger partial charge is 0.497 e. The average Bonchev–Trinajstić information content (AvgIpc) is 3.31. The summed E-state index contributed by atoms with van der Waals surface area (Å²) >= 11 is 2.29. The predicted molar refractivity (Wildman–Crippen MR) is 125 cm³/mol. The average molecular weight is 477 g/mol. The van der Waals surface area contributed by atoms with Crippen LogP contribution in [0.4, 0.5) is 5.00 Å². The lowest BCUT2D eigenvalue weighted by Gasteiger charge is -2.09. The van der Waals surface area contributed by atoms with Gasteiger partial charge >= 0.3 is 5.97 Å². The lowest BCUT2D eigenvalue weighted by atomic mass is 10.1. The second-order valence-electron chi connectivity index (χ2n) is 6.94. The van der Waals surface area contributed by atoms with Crippen LogP contribution in [0.15, 0.2) is 23.4 Å². The molecule has 170 valence electrons. The minimum Gasteiger partial charge on any atom is -0.497 e. The number of hydrogen-bond acceptors (Lipinski definition) is 8. The molecule has 0 saturated carbocycles. The summed E-state index contributed by atoms with van der Waals surface area (Å²) in [6.07, 6.45) is 0. The summed E-state index contributed by atoms with van der Waals surface area (Å²) in [5.41, 5.74) is 2.26. The highest BCUT2D eigenvalue weighted by Crippen LogP contribution is 2.34. The number of rotatable bonds is 8. The molecule has 0 aliphatic rings. The van der Waals surface area contributed by atoms with Gasteiger partial charge in [0, 0.05) is 20.2 Å². The Bertz CT molecular complexity index is 1170. The first kappa shape index (κ1) is 23.6. The van der Waals surface area contributed by atoms with Crippen LogP contribution in [-0.4, -0.2) is 66.2 Å².